The number of rotatable bonds is 7. The van der Waals surface area contributed by atoms with Crippen LogP contribution in [0.2, 0.25) is 0 Å². The fourth-order valence-electron chi connectivity index (χ4n) is 3.96. The minimum absolute atomic E-state index is 0.241. The molecular weight excluding hydrogens is 266 g/mol. The van der Waals surface area contributed by atoms with E-state index >= 15 is 0 Å². The van der Waals surface area contributed by atoms with Crippen molar-refractivity contribution in [2.24, 2.45) is 11.7 Å². The predicted octanol–water partition coefficient (Wildman–Crippen LogP) is 0.857. The highest BCUT2D eigenvalue weighted by molar-refractivity contribution is 5.75. The van der Waals surface area contributed by atoms with Crippen LogP contribution in [0.25, 0.3) is 0 Å². The molecule has 2 atom stereocenters. The number of nitrogens with one attached hydrogen (secondary N) is 1. The Morgan fingerprint density at radius 3 is 2.62 bits per heavy atom. The standard InChI is InChI=1S/C16H31N3O2/c17-16(21)12-19-10-13(5-4-8-20)9-15(11-19)18-14-6-2-1-3-7-14/h13-15,18,20H,1-12H2,(H2,17,21). The zero-order valence-corrected chi connectivity index (χ0v) is 13.1. The highest BCUT2D eigenvalue weighted by Crippen LogP contribution is 2.24. The van der Waals surface area contributed by atoms with Gasteiger partial charge in [0.15, 0.2) is 0 Å². The van der Waals surface area contributed by atoms with Crippen molar-refractivity contribution in [2.75, 3.05) is 26.2 Å². The first kappa shape index (κ1) is 16.7. The molecule has 2 unspecified atom stereocenters. The van der Waals surface area contributed by atoms with E-state index in [2.05, 4.69) is 10.2 Å². The third kappa shape index (κ3) is 5.93. The van der Waals surface area contributed by atoms with Crippen molar-refractivity contribution in [3.8, 4) is 0 Å². The normalized spacial score (nSPS) is 28.6. The van der Waals surface area contributed by atoms with Crippen LogP contribution in [0.3, 0.4) is 0 Å². The monoisotopic (exact) mass is 297 g/mol. The Morgan fingerprint density at radius 1 is 1.19 bits per heavy atom. The molecule has 1 aliphatic heterocycles. The van der Waals surface area contributed by atoms with Gasteiger partial charge in [0.2, 0.25) is 5.91 Å². The zero-order chi connectivity index (χ0) is 15.1. The summed E-state index contributed by atoms with van der Waals surface area (Å²) in [6.07, 6.45) is 9.66. The number of carbonyl (C=O) groups is 1. The summed E-state index contributed by atoms with van der Waals surface area (Å²) in [5.74, 6) is 0.320. The smallest absolute Gasteiger partial charge is 0.231 e. The minimum atomic E-state index is -0.241. The summed E-state index contributed by atoms with van der Waals surface area (Å²) in [4.78, 5) is 13.4. The number of aliphatic hydroxyl groups excluding tert-OH is 1. The highest BCUT2D eigenvalue weighted by atomic mass is 16.2. The molecule has 5 nitrogen and oxygen atoms in total. The van der Waals surface area contributed by atoms with Crippen LogP contribution in [-0.2, 0) is 4.79 Å². The lowest BCUT2D eigenvalue weighted by atomic mass is 9.88. The van der Waals surface area contributed by atoms with Crippen molar-refractivity contribution in [1.82, 2.24) is 10.2 Å². The summed E-state index contributed by atoms with van der Waals surface area (Å²) < 4.78 is 0. The third-order valence-electron chi connectivity index (χ3n) is 4.84. The number of piperidine rings is 1. The largest absolute Gasteiger partial charge is 0.396 e. The predicted molar refractivity (Wildman–Crippen MR) is 83.9 cm³/mol. The van der Waals surface area contributed by atoms with E-state index in [1.807, 2.05) is 0 Å². The number of nitrogens with zero attached hydrogens (tertiary/aromatic N) is 1. The van der Waals surface area contributed by atoms with Gasteiger partial charge >= 0.3 is 0 Å². The van der Waals surface area contributed by atoms with Crippen molar-refractivity contribution in [1.29, 1.82) is 0 Å². The fourth-order valence-corrected chi connectivity index (χ4v) is 3.96. The van der Waals surface area contributed by atoms with Crippen LogP contribution in [0, 0.1) is 5.92 Å². The second-order valence-corrected chi connectivity index (χ2v) is 6.83. The molecule has 0 radical (unpaired) electrons. The molecule has 2 rings (SSSR count). The Bertz CT molecular complexity index is 319. The van der Waals surface area contributed by atoms with Gasteiger partial charge in [0.25, 0.3) is 0 Å². The molecule has 1 heterocycles. The van der Waals surface area contributed by atoms with Gasteiger partial charge < -0.3 is 16.2 Å². The number of carbonyl (C=O) groups excluding carboxylic acids is 1. The SMILES string of the molecule is NC(=O)CN1CC(CCCO)CC(NC2CCCCC2)C1. The van der Waals surface area contributed by atoms with Gasteiger partial charge in [0.1, 0.15) is 0 Å². The molecule has 21 heavy (non-hydrogen) atoms. The second kappa shape index (κ2) is 8.71. The number of hydrogen-bond donors (Lipinski definition) is 3. The molecule has 1 aliphatic carbocycles. The van der Waals surface area contributed by atoms with E-state index < -0.39 is 0 Å². The Labute approximate surface area is 128 Å². The molecule has 0 aromatic rings. The van der Waals surface area contributed by atoms with Gasteiger partial charge in [-0.25, -0.2) is 0 Å². The molecule has 122 valence electrons. The quantitative estimate of drug-likeness (QED) is 0.651. The minimum Gasteiger partial charge on any atom is -0.396 e. The van der Waals surface area contributed by atoms with E-state index in [1.54, 1.807) is 0 Å². The van der Waals surface area contributed by atoms with E-state index in [0.717, 1.165) is 32.4 Å². The van der Waals surface area contributed by atoms with Crippen LogP contribution in [0.1, 0.15) is 51.4 Å². The molecule has 4 N–H and O–H groups in total. The molecule has 1 saturated heterocycles. The van der Waals surface area contributed by atoms with Gasteiger partial charge in [-0.3, -0.25) is 9.69 Å². The Hall–Kier alpha value is -0.650. The van der Waals surface area contributed by atoms with Crippen LogP contribution in [0.4, 0.5) is 0 Å². The van der Waals surface area contributed by atoms with Gasteiger partial charge in [0.05, 0.1) is 6.54 Å². The summed E-state index contributed by atoms with van der Waals surface area (Å²) in [6, 6.07) is 1.11. The summed E-state index contributed by atoms with van der Waals surface area (Å²) in [6.45, 7) is 2.48. The van der Waals surface area contributed by atoms with Crippen LogP contribution >= 0.6 is 0 Å². The van der Waals surface area contributed by atoms with E-state index in [1.165, 1.54) is 32.1 Å². The maximum atomic E-state index is 11.2. The average molecular weight is 297 g/mol. The lowest BCUT2D eigenvalue weighted by molar-refractivity contribution is -0.119. The van der Waals surface area contributed by atoms with Crippen LogP contribution in [-0.4, -0.2) is 54.2 Å². The van der Waals surface area contributed by atoms with E-state index in [4.69, 9.17) is 10.8 Å². The van der Waals surface area contributed by atoms with Crippen LogP contribution in [0.15, 0.2) is 0 Å². The number of hydrogen-bond acceptors (Lipinski definition) is 4. The molecule has 2 fully saturated rings. The molecule has 1 amide bonds. The Balaban J connectivity index is 1.86. The molecule has 0 spiro atoms. The molecule has 0 bridgehead atoms. The summed E-state index contributed by atoms with van der Waals surface area (Å²) in [7, 11) is 0. The molecular formula is C16H31N3O2. The Kier molecular flexibility index (Phi) is 6.93. The van der Waals surface area contributed by atoms with Gasteiger partial charge in [0, 0.05) is 31.8 Å². The van der Waals surface area contributed by atoms with Crippen LogP contribution < -0.4 is 11.1 Å². The lowest BCUT2D eigenvalue weighted by Gasteiger charge is -2.40. The highest BCUT2D eigenvalue weighted by Gasteiger charge is 2.29. The maximum Gasteiger partial charge on any atom is 0.231 e. The van der Waals surface area contributed by atoms with Crippen LogP contribution in [0.5, 0.6) is 0 Å². The fraction of sp³-hybridized carbons (Fsp3) is 0.938. The number of amides is 1. The molecule has 0 aromatic carbocycles. The molecule has 5 heteroatoms. The van der Waals surface area contributed by atoms with Gasteiger partial charge in [-0.05, 0) is 38.0 Å². The van der Waals surface area contributed by atoms with Crippen molar-refractivity contribution in [2.45, 2.75) is 63.5 Å². The Morgan fingerprint density at radius 2 is 1.95 bits per heavy atom. The maximum absolute atomic E-state index is 11.2. The molecule has 1 saturated carbocycles. The molecule has 2 aliphatic rings. The topological polar surface area (TPSA) is 78.6 Å². The van der Waals surface area contributed by atoms with Gasteiger partial charge in [-0.15, -0.1) is 0 Å². The summed E-state index contributed by atoms with van der Waals surface area (Å²) >= 11 is 0. The zero-order valence-electron chi connectivity index (χ0n) is 13.1. The summed E-state index contributed by atoms with van der Waals surface area (Å²) in [5, 5.41) is 12.8. The number of primary amides is 1. The van der Waals surface area contributed by atoms with Crippen molar-refractivity contribution in [3.05, 3.63) is 0 Å². The second-order valence-electron chi connectivity index (χ2n) is 6.83. The first-order chi connectivity index (χ1) is 10.2. The summed E-state index contributed by atoms with van der Waals surface area (Å²) in [5.41, 5.74) is 5.36. The van der Waals surface area contributed by atoms with Crippen molar-refractivity contribution in [3.63, 3.8) is 0 Å². The number of nitrogens with two attached hydrogens (primary N) is 1. The van der Waals surface area contributed by atoms with Crippen molar-refractivity contribution < 1.29 is 9.90 Å². The van der Waals surface area contributed by atoms with Crippen molar-refractivity contribution >= 4 is 5.91 Å². The van der Waals surface area contributed by atoms with E-state index in [0.29, 0.717) is 24.5 Å². The van der Waals surface area contributed by atoms with Gasteiger partial charge in [-0.2, -0.15) is 0 Å². The number of likely N-dealkylation sites (tertiary alicyclic amines) is 1. The van der Waals surface area contributed by atoms with E-state index in [-0.39, 0.29) is 12.5 Å². The average Bonchev–Trinajstić information content (AvgIpc) is 2.45. The lowest BCUT2D eigenvalue weighted by Crippen LogP contribution is -2.53. The van der Waals surface area contributed by atoms with Gasteiger partial charge in [-0.1, -0.05) is 19.3 Å². The first-order valence-corrected chi connectivity index (χ1v) is 8.55. The van der Waals surface area contributed by atoms with E-state index in [9.17, 15) is 4.79 Å². The third-order valence-corrected chi connectivity index (χ3v) is 4.84. The number of aliphatic hydroxyl groups is 1. The first-order valence-electron chi connectivity index (χ1n) is 8.55. The molecule has 0 aromatic heterocycles.